The third-order valence-corrected chi connectivity index (χ3v) is 11.8. The lowest BCUT2D eigenvalue weighted by molar-refractivity contribution is 0.737. The lowest BCUT2D eigenvalue weighted by atomic mass is 9.91. The van der Waals surface area contributed by atoms with E-state index in [1.807, 2.05) is 0 Å². The molecule has 0 unspecified atom stereocenters. The van der Waals surface area contributed by atoms with Crippen molar-refractivity contribution in [2.45, 2.75) is 158 Å². The molecule has 0 radical (unpaired) electrons. The predicted molar refractivity (Wildman–Crippen MR) is 197 cm³/mol. The third-order valence-electron chi connectivity index (χ3n) is 9.12. The summed E-state index contributed by atoms with van der Waals surface area (Å²) in [5.74, 6) is 0. The van der Waals surface area contributed by atoms with Crippen molar-refractivity contribution in [3.8, 4) is 0 Å². The van der Waals surface area contributed by atoms with Gasteiger partial charge in [-0.25, -0.2) is 0 Å². The summed E-state index contributed by atoms with van der Waals surface area (Å²) >= 11 is 0. The largest absolute Gasteiger partial charge is 0.0654 e. The highest BCUT2D eigenvalue weighted by molar-refractivity contribution is 7.80. The Balaban J connectivity index is 2.47. The molecule has 0 heterocycles. The van der Waals surface area contributed by atoms with Crippen LogP contribution in [0.2, 0.25) is 0 Å². The topological polar surface area (TPSA) is 0 Å². The van der Waals surface area contributed by atoms with Crippen LogP contribution >= 0.6 is 7.92 Å². The molecule has 236 valence electrons. The van der Waals surface area contributed by atoms with Crippen LogP contribution in [0.25, 0.3) is 0 Å². The average Bonchev–Trinajstić information content (AvgIpc) is 3.01. The number of hydrogen-bond acceptors (Lipinski definition) is 0. The summed E-state index contributed by atoms with van der Waals surface area (Å²) < 4.78 is 0. The van der Waals surface area contributed by atoms with Gasteiger partial charge in [0.25, 0.3) is 0 Å². The highest BCUT2D eigenvalue weighted by Gasteiger charge is 2.27. The molecular weight excluding hydrogens is 535 g/mol. The molecule has 0 saturated carbocycles. The van der Waals surface area contributed by atoms with Crippen LogP contribution in [0.1, 0.15) is 152 Å². The molecular formula is C42H63P. The van der Waals surface area contributed by atoms with Gasteiger partial charge in [-0.1, -0.05) is 142 Å². The molecule has 0 bridgehead atoms. The summed E-state index contributed by atoms with van der Waals surface area (Å²) in [6.45, 7) is 16.5. The smallest absolute Gasteiger partial charge is 0.0116 e. The maximum Gasteiger partial charge on any atom is -0.0116 e. The first-order chi connectivity index (χ1) is 21.1. The SMILES string of the molecule is CCCCc1ccc(P(c2cccc(CCC)c2CCC)c2cccc(CCC)c2CCC)c(CCCC)c1CCCC. The van der Waals surface area contributed by atoms with E-state index in [-0.39, 0.29) is 0 Å². The Hall–Kier alpha value is -1.91. The Bertz CT molecular complexity index is 1180. The Morgan fingerprint density at radius 3 is 1.23 bits per heavy atom. The molecule has 3 rings (SSSR count). The van der Waals surface area contributed by atoms with Crippen LogP contribution in [0.3, 0.4) is 0 Å². The Morgan fingerprint density at radius 1 is 0.349 bits per heavy atom. The van der Waals surface area contributed by atoms with Crippen molar-refractivity contribution in [3.05, 3.63) is 87.5 Å². The fourth-order valence-corrected chi connectivity index (χ4v) is 10.0. The maximum absolute atomic E-state index is 2.63. The van der Waals surface area contributed by atoms with E-state index in [1.165, 1.54) is 109 Å². The minimum atomic E-state index is -0.658. The molecule has 0 fully saturated rings. The summed E-state index contributed by atoms with van der Waals surface area (Å²) in [4.78, 5) is 0. The van der Waals surface area contributed by atoms with Gasteiger partial charge in [-0.05, 0) is 127 Å². The first-order valence-corrected chi connectivity index (χ1v) is 19.6. The minimum absolute atomic E-state index is 0.658. The van der Waals surface area contributed by atoms with Gasteiger partial charge in [0, 0.05) is 0 Å². The Morgan fingerprint density at radius 2 is 0.767 bits per heavy atom. The summed E-state index contributed by atoms with van der Waals surface area (Å²) in [6, 6.07) is 19.9. The molecule has 0 aliphatic heterocycles. The molecule has 0 atom stereocenters. The highest BCUT2D eigenvalue weighted by Crippen LogP contribution is 2.41. The standard InChI is InChI=1S/C42H63P/c1-8-15-24-35-31-32-42(39(28-17-10-3)36(35)27-16-9-2)43(40-29-18-25-33(20-11-4)37(40)22-13-6)41-30-19-26-34(21-12-5)38(41)23-14-7/h18-19,25-26,29-32H,8-17,20-24,27-28H2,1-7H3. The molecule has 43 heavy (non-hydrogen) atoms. The van der Waals surface area contributed by atoms with Crippen molar-refractivity contribution >= 4 is 23.8 Å². The van der Waals surface area contributed by atoms with Crippen molar-refractivity contribution in [3.63, 3.8) is 0 Å². The van der Waals surface area contributed by atoms with Crippen molar-refractivity contribution in [1.29, 1.82) is 0 Å². The molecule has 3 aromatic rings. The molecule has 0 aliphatic rings. The van der Waals surface area contributed by atoms with E-state index in [0.29, 0.717) is 0 Å². The maximum atomic E-state index is 2.63. The second-order valence-electron chi connectivity index (χ2n) is 12.7. The quantitative estimate of drug-likeness (QED) is 0.113. The average molecular weight is 599 g/mol. The van der Waals surface area contributed by atoms with Gasteiger partial charge >= 0.3 is 0 Å². The molecule has 1 heteroatoms. The van der Waals surface area contributed by atoms with Gasteiger partial charge in [-0.3, -0.25) is 0 Å². The van der Waals surface area contributed by atoms with Crippen molar-refractivity contribution in [1.82, 2.24) is 0 Å². The third kappa shape index (κ3) is 9.30. The van der Waals surface area contributed by atoms with Crippen LogP contribution in [0.5, 0.6) is 0 Å². The molecule has 0 amide bonds. The van der Waals surface area contributed by atoms with Gasteiger partial charge in [-0.15, -0.1) is 0 Å². The monoisotopic (exact) mass is 598 g/mol. The van der Waals surface area contributed by atoms with E-state index in [2.05, 4.69) is 97.0 Å². The number of benzene rings is 3. The van der Waals surface area contributed by atoms with Gasteiger partial charge < -0.3 is 0 Å². The van der Waals surface area contributed by atoms with Gasteiger partial charge in [0.2, 0.25) is 0 Å². The van der Waals surface area contributed by atoms with Crippen LogP contribution in [0, 0.1) is 0 Å². The van der Waals surface area contributed by atoms with Crippen LogP contribution in [-0.2, 0) is 44.9 Å². The molecule has 0 N–H and O–H groups in total. The van der Waals surface area contributed by atoms with E-state index < -0.39 is 7.92 Å². The first kappa shape index (κ1) is 35.6. The molecule has 0 spiro atoms. The number of unbranched alkanes of at least 4 members (excludes halogenated alkanes) is 3. The second-order valence-corrected chi connectivity index (χ2v) is 14.8. The summed E-state index contributed by atoms with van der Waals surface area (Å²) in [5.41, 5.74) is 11.6. The molecule has 3 aromatic carbocycles. The Kier molecular flexibility index (Phi) is 16.1. The normalized spacial score (nSPS) is 11.5. The second kappa shape index (κ2) is 19.5. The van der Waals surface area contributed by atoms with E-state index in [9.17, 15) is 0 Å². The Labute approximate surface area is 268 Å². The lowest BCUT2D eigenvalue weighted by Gasteiger charge is -2.30. The van der Waals surface area contributed by atoms with Crippen molar-refractivity contribution < 1.29 is 0 Å². The van der Waals surface area contributed by atoms with Crippen molar-refractivity contribution in [2.24, 2.45) is 0 Å². The van der Waals surface area contributed by atoms with Crippen LogP contribution in [0.4, 0.5) is 0 Å². The predicted octanol–water partition coefficient (Wildman–Crippen LogP) is 11.3. The van der Waals surface area contributed by atoms with E-state index in [1.54, 1.807) is 54.9 Å². The van der Waals surface area contributed by atoms with Gasteiger partial charge in [0.1, 0.15) is 0 Å². The zero-order valence-electron chi connectivity index (χ0n) is 29.1. The summed E-state index contributed by atoms with van der Waals surface area (Å²) in [7, 11) is -0.658. The van der Waals surface area contributed by atoms with Crippen LogP contribution < -0.4 is 15.9 Å². The first-order valence-electron chi connectivity index (χ1n) is 18.2. The summed E-state index contributed by atoms with van der Waals surface area (Å²) in [6.07, 6.45) is 20.9. The van der Waals surface area contributed by atoms with E-state index in [4.69, 9.17) is 0 Å². The molecule has 0 nitrogen and oxygen atoms in total. The molecule has 0 saturated heterocycles. The molecule has 0 aliphatic carbocycles. The minimum Gasteiger partial charge on any atom is -0.0654 e. The zero-order chi connectivity index (χ0) is 31.0. The van der Waals surface area contributed by atoms with Gasteiger partial charge in [0.05, 0.1) is 0 Å². The fourth-order valence-electron chi connectivity index (χ4n) is 6.97. The zero-order valence-corrected chi connectivity index (χ0v) is 30.0. The lowest BCUT2D eigenvalue weighted by Crippen LogP contribution is -2.30. The number of rotatable bonds is 20. The fraction of sp³-hybridized carbons (Fsp3) is 0.571. The summed E-state index contributed by atoms with van der Waals surface area (Å²) in [5, 5.41) is 4.97. The van der Waals surface area contributed by atoms with Crippen LogP contribution in [0.15, 0.2) is 48.5 Å². The highest BCUT2D eigenvalue weighted by atomic mass is 31.1. The van der Waals surface area contributed by atoms with E-state index >= 15 is 0 Å². The van der Waals surface area contributed by atoms with Crippen molar-refractivity contribution in [2.75, 3.05) is 0 Å². The van der Waals surface area contributed by atoms with Gasteiger partial charge in [-0.2, -0.15) is 0 Å². The van der Waals surface area contributed by atoms with Gasteiger partial charge in [0.15, 0.2) is 0 Å². The van der Waals surface area contributed by atoms with Crippen LogP contribution in [-0.4, -0.2) is 0 Å². The number of hydrogen-bond donors (Lipinski definition) is 0. The number of aryl methyl sites for hydroxylation is 3. The molecule has 0 aromatic heterocycles. The van der Waals surface area contributed by atoms with E-state index in [0.717, 1.165) is 0 Å².